The molecule has 1 fully saturated rings. The molecule has 1 aliphatic rings. The van der Waals surface area contributed by atoms with Gasteiger partial charge in [0.15, 0.2) is 0 Å². The molecule has 0 spiro atoms. The van der Waals surface area contributed by atoms with Gasteiger partial charge in [-0.25, -0.2) is 0 Å². The molecule has 1 aromatic rings. The Balaban J connectivity index is 1.99. The topological polar surface area (TPSA) is 29.5 Å². The van der Waals surface area contributed by atoms with Crippen molar-refractivity contribution in [2.24, 2.45) is 5.92 Å². The third-order valence-electron chi connectivity index (χ3n) is 3.16. The van der Waals surface area contributed by atoms with Gasteiger partial charge >= 0.3 is 0 Å². The predicted octanol–water partition coefficient (Wildman–Crippen LogP) is 2.67. The Morgan fingerprint density at radius 2 is 2.38 bits per heavy atom. The molecular formula is C13H17ClO2. The monoisotopic (exact) mass is 240 g/mol. The van der Waals surface area contributed by atoms with E-state index in [0.29, 0.717) is 17.4 Å². The summed E-state index contributed by atoms with van der Waals surface area (Å²) in [4.78, 5) is 0. The van der Waals surface area contributed by atoms with Crippen LogP contribution in [0.5, 0.6) is 0 Å². The fourth-order valence-corrected chi connectivity index (χ4v) is 2.44. The summed E-state index contributed by atoms with van der Waals surface area (Å²) in [7, 11) is 0. The first kappa shape index (κ1) is 11.9. The molecule has 16 heavy (non-hydrogen) atoms. The van der Waals surface area contributed by atoms with E-state index in [1.807, 2.05) is 24.3 Å². The number of aliphatic hydroxyl groups excluding tert-OH is 1. The SMILES string of the molecule is CC1CCOC1C(O)Cc1cccc(Cl)c1. The van der Waals surface area contributed by atoms with E-state index in [4.69, 9.17) is 16.3 Å². The van der Waals surface area contributed by atoms with Crippen LogP contribution in [0.4, 0.5) is 0 Å². The fourth-order valence-electron chi connectivity index (χ4n) is 2.23. The highest BCUT2D eigenvalue weighted by Crippen LogP contribution is 2.25. The minimum absolute atomic E-state index is 0.0287. The number of benzene rings is 1. The second-order valence-electron chi connectivity index (χ2n) is 4.50. The molecule has 1 saturated heterocycles. The van der Waals surface area contributed by atoms with E-state index in [1.54, 1.807) is 0 Å². The molecule has 1 aliphatic heterocycles. The van der Waals surface area contributed by atoms with Crippen LogP contribution in [-0.4, -0.2) is 23.9 Å². The first-order valence-corrected chi connectivity index (χ1v) is 6.08. The van der Waals surface area contributed by atoms with Crippen molar-refractivity contribution in [2.75, 3.05) is 6.61 Å². The van der Waals surface area contributed by atoms with Crippen LogP contribution < -0.4 is 0 Å². The summed E-state index contributed by atoms with van der Waals surface area (Å²) in [6, 6.07) is 7.62. The van der Waals surface area contributed by atoms with Crippen molar-refractivity contribution in [3.8, 4) is 0 Å². The molecule has 1 aromatic carbocycles. The lowest BCUT2D eigenvalue weighted by Gasteiger charge is -2.21. The van der Waals surface area contributed by atoms with E-state index in [9.17, 15) is 5.11 Å². The van der Waals surface area contributed by atoms with Gasteiger partial charge in [-0.05, 0) is 30.0 Å². The Kier molecular flexibility index (Phi) is 3.85. The van der Waals surface area contributed by atoms with Gasteiger partial charge in [0.05, 0.1) is 12.2 Å². The minimum Gasteiger partial charge on any atom is -0.390 e. The number of rotatable bonds is 3. The van der Waals surface area contributed by atoms with E-state index in [0.717, 1.165) is 18.6 Å². The zero-order chi connectivity index (χ0) is 11.5. The second-order valence-corrected chi connectivity index (χ2v) is 4.94. The lowest BCUT2D eigenvalue weighted by Crippen LogP contribution is -2.31. The van der Waals surface area contributed by atoms with E-state index in [1.165, 1.54) is 0 Å². The Labute approximate surface area is 101 Å². The first-order valence-electron chi connectivity index (χ1n) is 5.71. The summed E-state index contributed by atoms with van der Waals surface area (Å²) in [6.07, 6.45) is 1.18. The highest BCUT2D eigenvalue weighted by molar-refractivity contribution is 6.30. The van der Waals surface area contributed by atoms with E-state index >= 15 is 0 Å². The van der Waals surface area contributed by atoms with Crippen LogP contribution in [-0.2, 0) is 11.2 Å². The van der Waals surface area contributed by atoms with Crippen molar-refractivity contribution < 1.29 is 9.84 Å². The summed E-state index contributed by atoms with van der Waals surface area (Å²) >= 11 is 5.90. The summed E-state index contributed by atoms with van der Waals surface area (Å²) in [5, 5.41) is 10.8. The smallest absolute Gasteiger partial charge is 0.0863 e. The van der Waals surface area contributed by atoms with Gasteiger partial charge in [-0.15, -0.1) is 0 Å². The maximum Gasteiger partial charge on any atom is 0.0863 e. The molecule has 0 bridgehead atoms. The van der Waals surface area contributed by atoms with Crippen molar-refractivity contribution in [3.63, 3.8) is 0 Å². The van der Waals surface area contributed by atoms with Crippen molar-refractivity contribution in [1.82, 2.24) is 0 Å². The first-order chi connectivity index (χ1) is 7.66. The molecule has 1 heterocycles. The van der Waals surface area contributed by atoms with Gasteiger partial charge in [0.25, 0.3) is 0 Å². The lowest BCUT2D eigenvalue weighted by molar-refractivity contribution is -0.0157. The molecule has 3 atom stereocenters. The maximum atomic E-state index is 10.1. The summed E-state index contributed by atoms with van der Waals surface area (Å²) in [5.41, 5.74) is 1.06. The second kappa shape index (κ2) is 5.17. The molecule has 3 heteroatoms. The summed E-state index contributed by atoms with van der Waals surface area (Å²) < 4.78 is 5.55. The fraction of sp³-hybridized carbons (Fsp3) is 0.538. The van der Waals surface area contributed by atoms with Crippen LogP contribution in [0.15, 0.2) is 24.3 Å². The Hall–Kier alpha value is -0.570. The lowest BCUT2D eigenvalue weighted by atomic mass is 9.95. The largest absolute Gasteiger partial charge is 0.390 e. The summed E-state index contributed by atoms with van der Waals surface area (Å²) in [5.74, 6) is 0.439. The van der Waals surface area contributed by atoms with Crippen molar-refractivity contribution in [1.29, 1.82) is 0 Å². The van der Waals surface area contributed by atoms with Gasteiger partial charge in [-0.1, -0.05) is 30.7 Å². The van der Waals surface area contributed by atoms with Gasteiger partial charge in [0.1, 0.15) is 0 Å². The molecule has 2 nitrogen and oxygen atoms in total. The predicted molar refractivity (Wildman–Crippen MR) is 64.7 cm³/mol. The zero-order valence-corrected chi connectivity index (χ0v) is 10.2. The third-order valence-corrected chi connectivity index (χ3v) is 3.39. The van der Waals surface area contributed by atoms with Gasteiger partial charge in [-0.2, -0.15) is 0 Å². The number of aliphatic hydroxyl groups is 1. The van der Waals surface area contributed by atoms with Crippen molar-refractivity contribution >= 4 is 11.6 Å². The molecule has 3 unspecified atom stereocenters. The molecular weight excluding hydrogens is 224 g/mol. The number of ether oxygens (including phenoxy) is 1. The van der Waals surface area contributed by atoms with Crippen LogP contribution >= 0.6 is 11.6 Å². The average Bonchev–Trinajstić information content (AvgIpc) is 2.64. The molecule has 0 saturated carbocycles. The number of halogens is 1. The molecule has 0 aromatic heterocycles. The van der Waals surface area contributed by atoms with Crippen molar-refractivity contribution in [2.45, 2.75) is 32.0 Å². The molecule has 1 N–H and O–H groups in total. The summed E-state index contributed by atoms with van der Waals surface area (Å²) in [6.45, 7) is 2.89. The van der Waals surface area contributed by atoms with Crippen LogP contribution in [0.2, 0.25) is 5.02 Å². The van der Waals surface area contributed by atoms with Crippen LogP contribution in [0.3, 0.4) is 0 Å². The normalized spacial score (nSPS) is 26.9. The zero-order valence-electron chi connectivity index (χ0n) is 9.40. The number of hydrogen-bond acceptors (Lipinski definition) is 2. The van der Waals surface area contributed by atoms with Crippen LogP contribution in [0.25, 0.3) is 0 Å². The quantitative estimate of drug-likeness (QED) is 0.880. The van der Waals surface area contributed by atoms with Gasteiger partial charge in [-0.3, -0.25) is 0 Å². The molecule has 88 valence electrons. The van der Waals surface area contributed by atoms with Gasteiger partial charge < -0.3 is 9.84 Å². The van der Waals surface area contributed by atoms with Gasteiger partial charge in [0.2, 0.25) is 0 Å². The van der Waals surface area contributed by atoms with E-state index in [2.05, 4.69) is 6.92 Å². The molecule has 0 radical (unpaired) electrons. The Morgan fingerprint density at radius 1 is 1.56 bits per heavy atom. The Morgan fingerprint density at radius 3 is 3.00 bits per heavy atom. The number of hydrogen-bond donors (Lipinski definition) is 1. The molecule has 0 amide bonds. The van der Waals surface area contributed by atoms with Crippen LogP contribution in [0, 0.1) is 5.92 Å². The van der Waals surface area contributed by atoms with E-state index < -0.39 is 6.10 Å². The standard InChI is InChI=1S/C13H17ClO2/c1-9-5-6-16-13(9)12(15)8-10-3-2-4-11(14)7-10/h2-4,7,9,12-13,15H,5-6,8H2,1H3. The van der Waals surface area contributed by atoms with Crippen molar-refractivity contribution in [3.05, 3.63) is 34.9 Å². The highest BCUT2D eigenvalue weighted by Gasteiger charge is 2.30. The van der Waals surface area contributed by atoms with Gasteiger partial charge in [0, 0.05) is 18.1 Å². The minimum atomic E-state index is -0.434. The average molecular weight is 241 g/mol. The molecule has 2 rings (SSSR count). The highest BCUT2D eigenvalue weighted by atomic mass is 35.5. The van der Waals surface area contributed by atoms with E-state index in [-0.39, 0.29) is 6.10 Å². The Bertz CT molecular complexity index is 354. The molecule has 0 aliphatic carbocycles. The maximum absolute atomic E-state index is 10.1. The van der Waals surface area contributed by atoms with Crippen LogP contribution in [0.1, 0.15) is 18.9 Å². The third kappa shape index (κ3) is 2.76.